The van der Waals surface area contributed by atoms with Crippen molar-refractivity contribution in [2.45, 2.75) is 32.7 Å². The summed E-state index contributed by atoms with van der Waals surface area (Å²) in [5, 5.41) is 6.27. The molecule has 2 amide bonds. The van der Waals surface area contributed by atoms with Gasteiger partial charge in [0, 0.05) is 37.6 Å². The zero-order valence-electron chi connectivity index (χ0n) is 16.4. The molecule has 2 aliphatic rings. The second kappa shape index (κ2) is 8.42. The van der Waals surface area contributed by atoms with Crippen LogP contribution in [0.1, 0.15) is 31.1 Å². The van der Waals surface area contributed by atoms with Crippen LogP contribution in [0.15, 0.2) is 52.8 Å². The van der Waals surface area contributed by atoms with Crippen LogP contribution in [0.2, 0.25) is 0 Å². The van der Waals surface area contributed by atoms with Gasteiger partial charge in [-0.05, 0) is 60.9 Å². The number of anilines is 2. The highest BCUT2D eigenvalue weighted by atomic mass is 16.3. The molecule has 28 heavy (non-hydrogen) atoms. The van der Waals surface area contributed by atoms with E-state index in [9.17, 15) is 4.79 Å². The van der Waals surface area contributed by atoms with Crippen molar-refractivity contribution in [1.82, 2.24) is 10.6 Å². The summed E-state index contributed by atoms with van der Waals surface area (Å²) in [5.41, 5.74) is 5.01. The Balaban J connectivity index is 1.50. The van der Waals surface area contributed by atoms with Crippen LogP contribution < -0.4 is 20.4 Å². The number of nitrogens with one attached hydrogen (secondary N) is 2. The molecule has 0 saturated carbocycles. The first kappa shape index (κ1) is 18.5. The summed E-state index contributed by atoms with van der Waals surface area (Å²) < 4.78 is 5.32. The molecule has 0 bridgehead atoms. The Bertz CT molecular complexity index is 844. The first-order chi connectivity index (χ1) is 13.7. The van der Waals surface area contributed by atoms with Gasteiger partial charge in [-0.3, -0.25) is 4.90 Å². The molecule has 4 rings (SSSR count). The average molecular weight is 380 g/mol. The molecule has 0 saturated heterocycles. The van der Waals surface area contributed by atoms with Crippen molar-refractivity contribution in [1.29, 1.82) is 0 Å². The Morgan fingerprint density at radius 1 is 1.32 bits per heavy atom. The molecule has 0 radical (unpaired) electrons. The molecular formula is C22H28N4O2. The lowest BCUT2D eigenvalue weighted by Gasteiger charge is -2.25. The number of hydrogen-bond acceptors (Lipinski definition) is 4. The van der Waals surface area contributed by atoms with E-state index in [1.54, 1.807) is 6.26 Å². The number of furan rings is 1. The van der Waals surface area contributed by atoms with E-state index in [4.69, 9.17) is 4.42 Å². The van der Waals surface area contributed by atoms with E-state index >= 15 is 0 Å². The highest BCUT2D eigenvalue weighted by Gasteiger charge is 2.23. The van der Waals surface area contributed by atoms with Crippen LogP contribution in [0, 0.1) is 0 Å². The summed E-state index contributed by atoms with van der Waals surface area (Å²) in [5.74, 6) is 0.753. The molecule has 0 spiro atoms. The Morgan fingerprint density at radius 3 is 3.00 bits per heavy atom. The van der Waals surface area contributed by atoms with Crippen LogP contribution >= 0.6 is 0 Å². The third-order valence-corrected chi connectivity index (χ3v) is 5.35. The highest BCUT2D eigenvalue weighted by Crippen LogP contribution is 2.33. The van der Waals surface area contributed by atoms with Crippen molar-refractivity contribution in [2.24, 2.45) is 0 Å². The fraction of sp³-hybridized carbons (Fsp3) is 0.409. The predicted octanol–water partition coefficient (Wildman–Crippen LogP) is 3.65. The van der Waals surface area contributed by atoms with Gasteiger partial charge >= 0.3 is 6.03 Å². The molecule has 0 fully saturated rings. The van der Waals surface area contributed by atoms with Crippen molar-refractivity contribution in [3.63, 3.8) is 0 Å². The van der Waals surface area contributed by atoms with E-state index in [0.29, 0.717) is 13.1 Å². The second-order valence-electron chi connectivity index (χ2n) is 7.38. The molecule has 1 aromatic carbocycles. The molecule has 2 aromatic rings. The Morgan fingerprint density at radius 2 is 2.25 bits per heavy atom. The van der Waals surface area contributed by atoms with E-state index in [-0.39, 0.29) is 6.03 Å². The Kier molecular flexibility index (Phi) is 5.55. The van der Waals surface area contributed by atoms with Crippen LogP contribution in [-0.4, -0.2) is 32.2 Å². The van der Waals surface area contributed by atoms with E-state index in [0.717, 1.165) is 50.3 Å². The molecule has 2 aliphatic heterocycles. The predicted molar refractivity (Wildman–Crippen MR) is 112 cm³/mol. The molecule has 6 heteroatoms. The fourth-order valence-corrected chi connectivity index (χ4v) is 3.90. The summed E-state index contributed by atoms with van der Waals surface area (Å²) in [4.78, 5) is 17.1. The number of carbonyl (C=O) groups excluding carboxylic acids is 1. The van der Waals surface area contributed by atoms with E-state index in [1.165, 1.54) is 16.8 Å². The number of rotatable bonds is 7. The maximum absolute atomic E-state index is 12.8. The fourth-order valence-electron chi connectivity index (χ4n) is 3.90. The van der Waals surface area contributed by atoms with Gasteiger partial charge in [-0.25, -0.2) is 4.79 Å². The number of nitrogens with zero attached hydrogens (tertiary/aromatic N) is 2. The van der Waals surface area contributed by atoms with Crippen LogP contribution in [0.25, 0.3) is 0 Å². The van der Waals surface area contributed by atoms with Gasteiger partial charge in [0.1, 0.15) is 5.76 Å². The summed E-state index contributed by atoms with van der Waals surface area (Å²) in [6.07, 6.45) is 6.84. The van der Waals surface area contributed by atoms with Crippen LogP contribution in [0.3, 0.4) is 0 Å². The molecule has 3 heterocycles. The summed E-state index contributed by atoms with van der Waals surface area (Å²) in [6.45, 7) is 6.20. The molecule has 1 aromatic heterocycles. The first-order valence-electron chi connectivity index (χ1n) is 10.1. The van der Waals surface area contributed by atoms with Gasteiger partial charge < -0.3 is 20.0 Å². The second-order valence-corrected chi connectivity index (χ2v) is 7.38. The van der Waals surface area contributed by atoms with Gasteiger partial charge in [-0.2, -0.15) is 0 Å². The maximum Gasteiger partial charge on any atom is 0.322 e. The largest absolute Gasteiger partial charge is 0.467 e. The zero-order valence-corrected chi connectivity index (χ0v) is 16.4. The minimum Gasteiger partial charge on any atom is -0.467 e. The smallest absolute Gasteiger partial charge is 0.322 e. The van der Waals surface area contributed by atoms with E-state index in [2.05, 4.69) is 46.9 Å². The van der Waals surface area contributed by atoms with Gasteiger partial charge in [-0.1, -0.05) is 13.0 Å². The third-order valence-electron chi connectivity index (χ3n) is 5.35. The van der Waals surface area contributed by atoms with Crippen LogP contribution in [0.4, 0.5) is 16.2 Å². The molecule has 2 N–H and O–H groups in total. The van der Waals surface area contributed by atoms with Crippen molar-refractivity contribution in [2.75, 3.05) is 36.0 Å². The molecule has 6 nitrogen and oxygen atoms in total. The first-order valence-corrected chi connectivity index (χ1v) is 10.1. The van der Waals surface area contributed by atoms with Gasteiger partial charge in [0.25, 0.3) is 0 Å². The topological polar surface area (TPSA) is 60.8 Å². The van der Waals surface area contributed by atoms with Crippen LogP contribution in [0.5, 0.6) is 0 Å². The number of hydrogen-bond donors (Lipinski definition) is 2. The number of fused-ring (bicyclic) bond motifs is 1. The minimum absolute atomic E-state index is 0.0922. The number of urea groups is 1. The number of carbonyl (C=O) groups is 1. The molecule has 148 valence electrons. The quantitative estimate of drug-likeness (QED) is 0.770. The number of amides is 2. The Labute approximate surface area is 166 Å². The highest BCUT2D eigenvalue weighted by molar-refractivity contribution is 5.92. The zero-order chi connectivity index (χ0) is 19.3. The molecular weight excluding hydrogens is 352 g/mol. The standard InChI is InChI=1S/C22H28N4O2/c1-2-10-26(22(27)24-15-20-4-3-12-28-20)19-6-5-18-8-11-25(21(18)13-19)16-17-7-9-23-14-17/h3-6,12-14,23H,2,7-11,15-16H2,1H3,(H,24,27). The molecule has 0 unspecified atom stereocenters. The maximum atomic E-state index is 12.8. The van der Waals surface area contributed by atoms with Gasteiger partial charge in [0.15, 0.2) is 0 Å². The summed E-state index contributed by atoms with van der Waals surface area (Å²) in [7, 11) is 0. The SMILES string of the molecule is CCCN(C(=O)NCc1ccco1)c1ccc2c(c1)N(CC1=CNCC1)CC2. The van der Waals surface area contributed by atoms with E-state index in [1.807, 2.05) is 17.0 Å². The lowest BCUT2D eigenvalue weighted by atomic mass is 10.1. The van der Waals surface area contributed by atoms with Gasteiger partial charge in [0.05, 0.1) is 12.8 Å². The van der Waals surface area contributed by atoms with Crippen molar-refractivity contribution >= 4 is 17.4 Å². The summed E-state index contributed by atoms with van der Waals surface area (Å²) in [6, 6.07) is 10.0. The van der Waals surface area contributed by atoms with Crippen LogP contribution in [-0.2, 0) is 13.0 Å². The normalized spacial score (nSPS) is 15.2. The monoisotopic (exact) mass is 380 g/mol. The Hall–Kier alpha value is -2.89. The van der Waals surface area contributed by atoms with E-state index < -0.39 is 0 Å². The molecule has 0 atom stereocenters. The molecule has 0 aliphatic carbocycles. The minimum atomic E-state index is -0.0922. The third kappa shape index (κ3) is 4.01. The lowest BCUT2D eigenvalue weighted by Crippen LogP contribution is -2.40. The van der Waals surface area contributed by atoms with Gasteiger partial charge in [-0.15, -0.1) is 0 Å². The number of benzene rings is 1. The van der Waals surface area contributed by atoms with Crippen molar-refractivity contribution < 1.29 is 9.21 Å². The van der Waals surface area contributed by atoms with Gasteiger partial charge in [0.2, 0.25) is 0 Å². The van der Waals surface area contributed by atoms with Crippen molar-refractivity contribution in [3.8, 4) is 0 Å². The van der Waals surface area contributed by atoms with Crippen molar-refractivity contribution in [3.05, 3.63) is 59.7 Å². The lowest BCUT2D eigenvalue weighted by molar-refractivity contribution is 0.245. The summed E-state index contributed by atoms with van der Waals surface area (Å²) >= 11 is 0. The average Bonchev–Trinajstić information content (AvgIpc) is 3.47.